The number of nitrogens with zero attached hydrogens (tertiary/aromatic N) is 1. The van der Waals surface area contributed by atoms with E-state index in [4.69, 9.17) is 0 Å². The summed E-state index contributed by atoms with van der Waals surface area (Å²) in [6.07, 6.45) is 1.87. The van der Waals surface area contributed by atoms with Crippen molar-refractivity contribution in [3.63, 3.8) is 0 Å². The van der Waals surface area contributed by atoms with Crippen molar-refractivity contribution in [3.8, 4) is 5.88 Å². The maximum atomic E-state index is 12.0. The smallest absolute Gasteiger partial charge is 0.331 e. The number of carbonyl (C=O) groups is 1. The van der Waals surface area contributed by atoms with Crippen molar-refractivity contribution in [2.45, 2.75) is 51.6 Å². The van der Waals surface area contributed by atoms with Crippen LogP contribution in [0.15, 0.2) is 9.59 Å². The van der Waals surface area contributed by atoms with Crippen molar-refractivity contribution in [2.24, 2.45) is 0 Å². The molecule has 1 atom stereocenters. The Morgan fingerprint density at radius 3 is 2.45 bits per heavy atom. The van der Waals surface area contributed by atoms with Gasteiger partial charge in [-0.2, -0.15) is 0 Å². The van der Waals surface area contributed by atoms with Gasteiger partial charge in [-0.25, -0.2) is 4.79 Å². The van der Waals surface area contributed by atoms with E-state index >= 15 is 0 Å². The molecule has 1 fully saturated rings. The van der Waals surface area contributed by atoms with Crippen molar-refractivity contribution in [1.82, 2.24) is 14.9 Å². The minimum atomic E-state index is -0.877. The van der Waals surface area contributed by atoms with Gasteiger partial charge in [0.15, 0.2) is 0 Å². The van der Waals surface area contributed by atoms with Gasteiger partial charge in [-0.05, 0) is 25.7 Å². The fourth-order valence-corrected chi connectivity index (χ4v) is 2.10. The number of hydrogen-bond donors (Lipinski definition) is 3. The minimum absolute atomic E-state index is 0.107. The molecule has 1 aromatic rings. The SMILES string of the molecule is CC(C)c1c(O)n(C(C)C(=O)NC2CC2)c(=O)[nH]c1=O. The fraction of sp³-hybridized carbons (Fsp3) is 0.615. The molecule has 110 valence electrons. The van der Waals surface area contributed by atoms with Crippen LogP contribution in [0.4, 0.5) is 0 Å². The molecule has 0 aliphatic heterocycles. The molecule has 1 unspecified atom stereocenters. The Balaban J connectivity index is 2.44. The Morgan fingerprint density at radius 2 is 1.95 bits per heavy atom. The topological polar surface area (TPSA) is 104 Å². The summed E-state index contributed by atoms with van der Waals surface area (Å²) in [5.41, 5.74) is -1.29. The highest BCUT2D eigenvalue weighted by Crippen LogP contribution is 2.24. The van der Waals surface area contributed by atoms with Crippen molar-refractivity contribution in [2.75, 3.05) is 0 Å². The number of hydrogen-bond acceptors (Lipinski definition) is 4. The molecule has 3 N–H and O–H groups in total. The third kappa shape index (κ3) is 2.61. The van der Waals surface area contributed by atoms with E-state index in [1.54, 1.807) is 13.8 Å². The molecule has 1 amide bonds. The van der Waals surface area contributed by atoms with Gasteiger partial charge in [-0.1, -0.05) is 13.8 Å². The van der Waals surface area contributed by atoms with Gasteiger partial charge in [0.1, 0.15) is 6.04 Å². The average Bonchev–Trinajstić information content (AvgIpc) is 3.11. The van der Waals surface area contributed by atoms with Crippen molar-refractivity contribution < 1.29 is 9.90 Å². The van der Waals surface area contributed by atoms with Crippen LogP contribution in [0.3, 0.4) is 0 Å². The van der Waals surface area contributed by atoms with Gasteiger partial charge >= 0.3 is 5.69 Å². The second-order valence-electron chi connectivity index (χ2n) is 5.48. The largest absolute Gasteiger partial charge is 0.494 e. The molecule has 0 radical (unpaired) electrons. The van der Waals surface area contributed by atoms with Gasteiger partial charge in [-0.3, -0.25) is 19.1 Å². The van der Waals surface area contributed by atoms with E-state index in [1.165, 1.54) is 6.92 Å². The number of rotatable bonds is 4. The lowest BCUT2D eigenvalue weighted by molar-refractivity contribution is -0.124. The highest BCUT2D eigenvalue weighted by Gasteiger charge is 2.29. The molecule has 0 saturated heterocycles. The predicted molar refractivity (Wildman–Crippen MR) is 73.0 cm³/mol. The van der Waals surface area contributed by atoms with Crippen LogP contribution >= 0.6 is 0 Å². The van der Waals surface area contributed by atoms with E-state index in [2.05, 4.69) is 10.3 Å². The normalized spacial score (nSPS) is 16.2. The first-order chi connectivity index (χ1) is 9.32. The van der Waals surface area contributed by atoms with Gasteiger partial charge in [0.05, 0.1) is 5.56 Å². The maximum absolute atomic E-state index is 12.0. The van der Waals surface area contributed by atoms with Crippen molar-refractivity contribution in [3.05, 3.63) is 26.4 Å². The van der Waals surface area contributed by atoms with E-state index in [1.807, 2.05) is 0 Å². The molecular weight excluding hydrogens is 262 g/mol. The molecule has 7 heteroatoms. The van der Waals surface area contributed by atoms with Gasteiger partial charge in [-0.15, -0.1) is 0 Å². The summed E-state index contributed by atoms with van der Waals surface area (Å²) in [5, 5.41) is 12.9. The number of aromatic hydroxyl groups is 1. The molecule has 1 aliphatic carbocycles. The number of nitrogens with one attached hydrogen (secondary N) is 2. The number of aromatic nitrogens is 2. The summed E-state index contributed by atoms with van der Waals surface area (Å²) in [6.45, 7) is 4.98. The third-order valence-corrected chi connectivity index (χ3v) is 3.42. The highest BCUT2D eigenvalue weighted by molar-refractivity contribution is 5.80. The molecular formula is C13H19N3O4. The maximum Gasteiger partial charge on any atom is 0.331 e. The van der Waals surface area contributed by atoms with E-state index in [0.717, 1.165) is 17.4 Å². The summed E-state index contributed by atoms with van der Waals surface area (Å²) in [4.78, 5) is 37.7. The second-order valence-corrected chi connectivity index (χ2v) is 5.48. The predicted octanol–water partition coefficient (Wildman–Crippen LogP) is 0.205. The Hall–Kier alpha value is -2.05. The summed E-state index contributed by atoms with van der Waals surface area (Å²) in [6, 6.07) is -0.715. The zero-order valence-corrected chi connectivity index (χ0v) is 11.8. The van der Waals surface area contributed by atoms with Crippen LogP contribution in [0.25, 0.3) is 0 Å². The Bertz CT molecular complexity index is 640. The second kappa shape index (κ2) is 5.15. The molecule has 20 heavy (non-hydrogen) atoms. The Labute approximate surface area is 115 Å². The number of carbonyl (C=O) groups excluding carboxylic acids is 1. The van der Waals surface area contributed by atoms with Gasteiger partial charge < -0.3 is 10.4 Å². The fourth-order valence-electron chi connectivity index (χ4n) is 2.10. The molecule has 2 rings (SSSR count). The van der Waals surface area contributed by atoms with Crippen molar-refractivity contribution in [1.29, 1.82) is 0 Å². The number of amides is 1. The first-order valence-corrected chi connectivity index (χ1v) is 6.71. The van der Waals surface area contributed by atoms with Crippen LogP contribution in [0, 0.1) is 0 Å². The lowest BCUT2D eigenvalue weighted by Gasteiger charge is -2.18. The van der Waals surface area contributed by atoms with E-state index < -0.39 is 23.2 Å². The van der Waals surface area contributed by atoms with Gasteiger partial charge in [0.2, 0.25) is 11.8 Å². The summed E-state index contributed by atoms with van der Waals surface area (Å²) >= 11 is 0. The van der Waals surface area contributed by atoms with E-state index in [0.29, 0.717) is 0 Å². The molecule has 1 saturated carbocycles. The molecule has 1 aliphatic rings. The van der Waals surface area contributed by atoms with Gasteiger partial charge in [0.25, 0.3) is 5.56 Å². The van der Waals surface area contributed by atoms with E-state index in [-0.39, 0.29) is 23.4 Å². The van der Waals surface area contributed by atoms with Gasteiger partial charge in [0, 0.05) is 6.04 Å². The molecule has 1 aromatic heterocycles. The summed E-state index contributed by atoms with van der Waals surface area (Å²) < 4.78 is 0.925. The van der Waals surface area contributed by atoms with Crippen LogP contribution < -0.4 is 16.6 Å². The number of H-pyrrole nitrogens is 1. The zero-order valence-electron chi connectivity index (χ0n) is 11.8. The highest BCUT2D eigenvalue weighted by atomic mass is 16.3. The Morgan fingerprint density at radius 1 is 1.35 bits per heavy atom. The quantitative estimate of drug-likeness (QED) is 0.733. The third-order valence-electron chi connectivity index (χ3n) is 3.42. The van der Waals surface area contributed by atoms with Crippen LogP contribution in [0.2, 0.25) is 0 Å². The van der Waals surface area contributed by atoms with E-state index in [9.17, 15) is 19.5 Å². The lowest BCUT2D eigenvalue weighted by atomic mass is 10.1. The molecule has 0 spiro atoms. The minimum Gasteiger partial charge on any atom is -0.494 e. The standard InChI is InChI=1S/C13H19N3O4/c1-6(2)9-11(18)15-13(20)16(12(9)19)7(3)10(17)14-8-4-5-8/h6-8,19H,4-5H2,1-3H3,(H,14,17)(H,15,18,20). The van der Waals surface area contributed by atoms with Crippen molar-refractivity contribution >= 4 is 5.91 Å². The monoisotopic (exact) mass is 281 g/mol. The zero-order chi connectivity index (χ0) is 15.0. The first kappa shape index (κ1) is 14.4. The number of aromatic amines is 1. The van der Waals surface area contributed by atoms with Crippen LogP contribution in [-0.4, -0.2) is 26.6 Å². The van der Waals surface area contributed by atoms with Crippen LogP contribution in [0.1, 0.15) is 51.1 Å². The molecule has 0 aromatic carbocycles. The molecule has 1 heterocycles. The Kier molecular flexibility index (Phi) is 3.69. The molecule has 0 bridgehead atoms. The van der Waals surface area contributed by atoms with Crippen LogP contribution in [-0.2, 0) is 4.79 Å². The summed E-state index contributed by atoms with van der Waals surface area (Å²) in [7, 11) is 0. The average molecular weight is 281 g/mol. The first-order valence-electron chi connectivity index (χ1n) is 6.71. The lowest BCUT2D eigenvalue weighted by Crippen LogP contribution is -2.40. The van der Waals surface area contributed by atoms with Crippen LogP contribution in [0.5, 0.6) is 5.88 Å². The summed E-state index contributed by atoms with van der Waals surface area (Å²) in [5.74, 6) is -1.04. The molecule has 7 nitrogen and oxygen atoms in total.